The smallest absolute Gasteiger partial charge is 0.207 e. The number of benzene rings is 1. The molecule has 0 bridgehead atoms. The second-order valence-corrected chi connectivity index (χ2v) is 5.96. The van der Waals surface area contributed by atoms with Crippen LogP contribution >= 0.6 is 23.3 Å². The number of nitriles is 1. The van der Waals surface area contributed by atoms with E-state index in [0.717, 1.165) is 6.07 Å². The molecule has 0 saturated heterocycles. The maximum Gasteiger partial charge on any atom is 0.417 e. The van der Waals surface area contributed by atoms with Gasteiger partial charge in [-0.1, -0.05) is 0 Å². The third-order valence-corrected chi connectivity index (χ3v) is 3.48. The molecule has 0 aliphatic heterocycles. The van der Waals surface area contributed by atoms with Gasteiger partial charge in [0, 0.05) is 15.6 Å². The van der Waals surface area contributed by atoms with Crippen molar-refractivity contribution in [3.63, 3.8) is 0 Å². The van der Waals surface area contributed by atoms with Gasteiger partial charge in [-0.2, -0.15) is 18.4 Å². The van der Waals surface area contributed by atoms with Crippen molar-refractivity contribution in [2.45, 2.75) is 16.0 Å². The first-order valence-electron chi connectivity index (χ1n) is 3.86. The molecule has 0 heterocycles. The molecule has 0 atom stereocenters. The van der Waals surface area contributed by atoms with E-state index in [2.05, 4.69) is 12.6 Å². The van der Waals surface area contributed by atoms with E-state index in [-0.39, 0.29) is 0 Å². The maximum absolute atomic E-state index is 12.6. The molecular weight excluding hydrogens is 299 g/mol. The first-order chi connectivity index (χ1) is 7.57. The van der Waals surface area contributed by atoms with Gasteiger partial charge in [0.15, 0.2) is 0 Å². The molecule has 0 fully saturated rings. The van der Waals surface area contributed by atoms with Gasteiger partial charge in [-0.15, -0.1) is 12.6 Å². The molecule has 92 valence electrons. The number of hydrogen-bond donors (Lipinski definition) is 1. The second kappa shape index (κ2) is 4.40. The van der Waals surface area contributed by atoms with E-state index in [4.69, 9.17) is 15.9 Å². The number of halogens is 4. The van der Waals surface area contributed by atoms with E-state index in [1.54, 1.807) is 0 Å². The molecule has 0 saturated carbocycles. The molecule has 0 aliphatic carbocycles. The number of rotatable bonds is 1. The highest BCUT2D eigenvalue weighted by Crippen LogP contribution is 2.36. The van der Waals surface area contributed by atoms with Crippen LogP contribution in [0.4, 0.5) is 13.2 Å². The van der Waals surface area contributed by atoms with Crippen molar-refractivity contribution in [3.8, 4) is 6.07 Å². The minimum atomic E-state index is -4.86. The van der Waals surface area contributed by atoms with Gasteiger partial charge < -0.3 is 0 Å². The molecule has 1 aromatic rings. The quantitative estimate of drug-likeness (QED) is 0.641. The van der Waals surface area contributed by atoms with E-state index in [0.29, 0.717) is 6.07 Å². The van der Waals surface area contributed by atoms with Crippen molar-refractivity contribution in [3.05, 3.63) is 23.3 Å². The standard InChI is InChI=1S/C8H3ClF3NO2S2/c9-17(14,15)4-1-6(8(10,11)12)5(3-13)7(16)2-4/h1-2,16H. The fraction of sp³-hybridized carbons (Fsp3) is 0.125. The Labute approximate surface area is 105 Å². The van der Waals surface area contributed by atoms with Crippen molar-refractivity contribution in [2.75, 3.05) is 0 Å². The van der Waals surface area contributed by atoms with Crippen LogP contribution in [0, 0.1) is 11.3 Å². The van der Waals surface area contributed by atoms with Crippen LogP contribution < -0.4 is 0 Å². The Morgan fingerprint density at radius 1 is 1.35 bits per heavy atom. The van der Waals surface area contributed by atoms with Crippen LogP contribution in [-0.4, -0.2) is 8.42 Å². The number of thiol groups is 1. The third-order valence-electron chi connectivity index (χ3n) is 1.79. The topological polar surface area (TPSA) is 57.9 Å². The summed E-state index contributed by atoms with van der Waals surface area (Å²) in [6, 6.07) is 2.41. The van der Waals surface area contributed by atoms with E-state index < -0.39 is 36.1 Å². The number of hydrogen-bond acceptors (Lipinski definition) is 4. The molecule has 0 spiro atoms. The van der Waals surface area contributed by atoms with Crippen molar-refractivity contribution in [1.29, 1.82) is 5.26 Å². The van der Waals surface area contributed by atoms with Crippen LogP contribution in [-0.2, 0) is 15.2 Å². The highest BCUT2D eigenvalue weighted by molar-refractivity contribution is 8.13. The van der Waals surface area contributed by atoms with Crippen molar-refractivity contribution < 1.29 is 21.6 Å². The normalized spacial score (nSPS) is 12.2. The molecule has 1 aromatic carbocycles. The van der Waals surface area contributed by atoms with Crippen molar-refractivity contribution >= 4 is 32.4 Å². The first kappa shape index (κ1) is 14.2. The summed E-state index contributed by atoms with van der Waals surface area (Å²) in [7, 11) is 0.617. The molecule has 0 radical (unpaired) electrons. The Morgan fingerprint density at radius 2 is 1.88 bits per heavy atom. The van der Waals surface area contributed by atoms with Gasteiger partial charge in [0.25, 0.3) is 9.05 Å². The van der Waals surface area contributed by atoms with Gasteiger partial charge in [0.05, 0.1) is 16.0 Å². The summed E-state index contributed by atoms with van der Waals surface area (Å²) in [5.74, 6) is 0. The summed E-state index contributed by atoms with van der Waals surface area (Å²) in [5.41, 5.74) is -2.13. The lowest BCUT2D eigenvalue weighted by molar-refractivity contribution is -0.138. The molecule has 0 amide bonds. The van der Waals surface area contributed by atoms with E-state index in [1.165, 1.54) is 6.07 Å². The zero-order valence-corrected chi connectivity index (χ0v) is 10.3. The van der Waals surface area contributed by atoms with Gasteiger partial charge in [-0.3, -0.25) is 0 Å². The van der Waals surface area contributed by atoms with Crippen LogP contribution in [0.15, 0.2) is 21.9 Å². The highest BCUT2D eigenvalue weighted by Gasteiger charge is 2.36. The summed E-state index contributed by atoms with van der Waals surface area (Å²) in [4.78, 5) is -1.16. The van der Waals surface area contributed by atoms with E-state index in [9.17, 15) is 21.6 Å². The monoisotopic (exact) mass is 301 g/mol. The van der Waals surface area contributed by atoms with Crippen LogP contribution in [0.25, 0.3) is 0 Å². The Kier molecular flexibility index (Phi) is 3.66. The summed E-state index contributed by atoms with van der Waals surface area (Å²) in [6.07, 6.45) is -4.86. The van der Waals surface area contributed by atoms with Crippen LogP contribution in [0.2, 0.25) is 0 Å². The van der Waals surface area contributed by atoms with Crippen molar-refractivity contribution in [1.82, 2.24) is 0 Å². The lowest BCUT2D eigenvalue weighted by atomic mass is 10.1. The Bertz CT molecular complexity index is 604. The molecule has 0 aromatic heterocycles. The maximum atomic E-state index is 12.6. The molecule has 3 nitrogen and oxygen atoms in total. The van der Waals surface area contributed by atoms with Crippen LogP contribution in [0.3, 0.4) is 0 Å². The second-order valence-electron chi connectivity index (χ2n) is 2.91. The van der Waals surface area contributed by atoms with Crippen LogP contribution in [0.5, 0.6) is 0 Å². The first-order valence-corrected chi connectivity index (χ1v) is 6.62. The largest absolute Gasteiger partial charge is 0.417 e. The SMILES string of the molecule is N#Cc1c(S)cc(S(=O)(=O)Cl)cc1C(F)(F)F. The van der Waals surface area contributed by atoms with E-state index >= 15 is 0 Å². The summed E-state index contributed by atoms with van der Waals surface area (Å²) >= 11 is 3.64. The Hall–Kier alpha value is -0.910. The summed E-state index contributed by atoms with van der Waals surface area (Å²) in [5, 5.41) is 8.57. The third kappa shape index (κ3) is 3.06. The highest BCUT2D eigenvalue weighted by atomic mass is 35.7. The fourth-order valence-corrected chi connectivity index (χ4v) is 2.26. The zero-order chi connectivity index (χ0) is 13.4. The fourth-order valence-electron chi connectivity index (χ4n) is 1.08. The minimum absolute atomic E-state index is 0.306. The molecule has 0 unspecified atom stereocenters. The van der Waals surface area contributed by atoms with Gasteiger partial charge >= 0.3 is 6.18 Å². The Balaban J connectivity index is 3.70. The van der Waals surface area contributed by atoms with Gasteiger partial charge in [0.2, 0.25) is 0 Å². The van der Waals surface area contributed by atoms with E-state index in [1.807, 2.05) is 0 Å². The molecule has 9 heteroatoms. The van der Waals surface area contributed by atoms with Gasteiger partial charge in [-0.05, 0) is 12.1 Å². The summed E-state index contributed by atoms with van der Waals surface area (Å²) < 4.78 is 59.6. The minimum Gasteiger partial charge on any atom is -0.207 e. The lowest BCUT2D eigenvalue weighted by Gasteiger charge is -2.11. The molecule has 17 heavy (non-hydrogen) atoms. The molecule has 1 rings (SSSR count). The predicted molar refractivity (Wildman–Crippen MR) is 56.4 cm³/mol. The number of alkyl halides is 3. The average Bonchev–Trinajstić information content (AvgIpc) is 2.13. The Morgan fingerprint density at radius 3 is 2.24 bits per heavy atom. The predicted octanol–water partition coefficient (Wildman–Crippen LogP) is 2.79. The van der Waals surface area contributed by atoms with Gasteiger partial charge in [0.1, 0.15) is 6.07 Å². The van der Waals surface area contributed by atoms with Crippen LogP contribution in [0.1, 0.15) is 11.1 Å². The lowest BCUT2D eigenvalue weighted by Crippen LogP contribution is -2.10. The average molecular weight is 302 g/mol. The molecule has 0 N–H and O–H groups in total. The summed E-state index contributed by atoms with van der Waals surface area (Å²) in [6.45, 7) is 0. The van der Waals surface area contributed by atoms with Gasteiger partial charge in [-0.25, -0.2) is 8.42 Å². The molecule has 0 aliphatic rings. The molecular formula is C8H3ClF3NO2S2. The number of nitrogens with zero attached hydrogens (tertiary/aromatic N) is 1. The van der Waals surface area contributed by atoms with Crippen molar-refractivity contribution in [2.24, 2.45) is 0 Å². The zero-order valence-electron chi connectivity index (χ0n) is 7.79.